The fourth-order valence-corrected chi connectivity index (χ4v) is 1.94. The minimum absolute atomic E-state index is 0.367. The Labute approximate surface area is 121 Å². The van der Waals surface area contributed by atoms with Crippen molar-refractivity contribution >= 4 is 5.97 Å². The van der Waals surface area contributed by atoms with Crippen molar-refractivity contribution in [3.63, 3.8) is 0 Å². The van der Waals surface area contributed by atoms with Crippen LogP contribution in [0.4, 0.5) is 0 Å². The van der Waals surface area contributed by atoms with Crippen molar-refractivity contribution in [2.24, 2.45) is 0 Å². The lowest BCUT2D eigenvalue weighted by Crippen LogP contribution is -2.00. The molecule has 0 atom stereocenters. The summed E-state index contributed by atoms with van der Waals surface area (Å²) in [6, 6.07) is 8.76. The lowest BCUT2D eigenvalue weighted by molar-refractivity contribution is 0.0601. The van der Waals surface area contributed by atoms with Crippen molar-refractivity contribution in [2.75, 3.05) is 7.11 Å². The Morgan fingerprint density at radius 3 is 2.81 bits per heavy atom. The van der Waals surface area contributed by atoms with Crippen molar-refractivity contribution in [2.45, 2.75) is 6.54 Å². The standard InChI is InChI=1S/C15H13N3O3/c1-20-15(19)12-5-3-11(4-6-12)14-17-13(10-21-14)9-18-8-2-7-16-18/h2-8,10H,9H2,1H3. The van der Waals surface area contributed by atoms with E-state index in [1.807, 2.05) is 12.3 Å². The maximum atomic E-state index is 11.4. The highest BCUT2D eigenvalue weighted by Gasteiger charge is 2.09. The van der Waals surface area contributed by atoms with Crippen LogP contribution in [0.2, 0.25) is 0 Å². The molecule has 0 amide bonds. The summed E-state index contributed by atoms with van der Waals surface area (Å²) in [5.41, 5.74) is 2.07. The van der Waals surface area contributed by atoms with E-state index in [-0.39, 0.29) is 5.97 Å². The largest absolute Gasteiger partial charge is 0.465 e. The van der Waals surface area contributed by atoms with Crippen molar-refractivity contribution in [1.82, 2.24) is 14.8 Å². The molecule has 0 aliphatic heterocycles. The molecular formula is C15H13N3O3. The van der Waals surface area contributed by atoms with E-state index in [4.69, 9.17) is 4.42 Å². The first-order chi connectivity index (χ1) is 10.3. The van der Waals surface area contributed by atoms with Gasteiger partial charge in [0.05, 0.1) is 19.2 Å². The molecule has 0 bridgehead atoms. The number of benzene rings is 1. The van der Waals surface area contributed by atoms with Crippen LogP contribution in [0.25, 0.3) is 11.5 Å². The van der Waals surface area contributed by atoms with Crippen LogP contribution in [0.15, 0.2) is 53.4 Å². The number of oxazole rings is 1. The molecule has 21 heavy (non-hydrogen) atoms. The van der Waals surface area contributed by atoms with Gasteiger partial charge in [0.2, 0.25) is 5.89 Å². The number of methoxy groups -OCH3 is 1. The summed E-state index contributed by atoms with van der Waals surface area (Å²) in [7, 11) is 1.35. The highest BCUT2D eigenvalue weighted by molar-refractivity contribution is 5.89. The van der Waals surface area contributed by atoms with Gasteiger partial charge in [-0.3, -0.25) is 4.68 Å². The third-order valence-electron chi connectivity index (χ3n) is 2.99. The van der Waals surface area contributed by atoms with Crippen LogP contribution >= 0.6 is 0 Å². The van der Waals surface area contributed by atoms with E-state index in [0.717, 1.165) is 11.3 Å². The fourth-order valence-electron chi connectivity index (χ4n) is 1.94. The maximum absolute atomic E-state index is 11.4. The van der Waals surface area contributed by atoms with Gasteiger partial charge in [0.15, 0.2) is 0 Å². The first kappa shape index (κ1) is 13.1. The molecule has 0 aliphatic rings. The number of carbonyl (C=O) groups excluding carboxylic acids is 1. The van der Waals surface area contributed by atoms with E-state index in [1.165, 1.54) is 7.11 Å². The highest BCUT2D eigenvalue weighted by Crippen LogP contribution is 2.19. The predicted molar refractivity (Wildman–Crippen MR) is 74.6 cm³/mol. The van der Waals surface area contributed by atoms with Gasteiger partial charge < -0.3 is 9.15 Å². The molecule has 1 aromatic carbocycles. The van der Waals surface area contributed by atoms with Gasteiger partial charge in [-0.05, 0) is 30.3 Å². The van der Waals surface area contributed by atoms with Gasteiger partial charge in [-0.1, -0.05) is 0 Å². The molecule has 0 saturated carbocycles. The van der Waals surface area contributed by atoms with Crippen molar-refractivity contribution in [3.05, 3.63) is 60.2 Å². The second-order valence-corrected chi connectivity index (χ2v) is 4.42. The van der Waals surface area contributed by atoms with Crippen molar-refractivity contribution < 1.29 is 13.9 Å². The number of nitrogens with zero attached hydrogens (tertiary/aromatic N) is 3. The number of hydrogen-bond donors (Lipinski definition) is 0. The van der Waals surface area contributed by atoms with E-state index in [1.54, 1.807) is 41.4 Å². The molecule has 3 aromatic rings. The Bertz CT molecular complexity index is 730. The second-order valence-electron chi connectivity index (χ2n) is 4.42. The third-order valence-corrected chi connectivity index (χ3v) is 2.99. The molecule has 0 saturated heterocycles. The van der Waals surface area contributed by atoms with Crippen LogP contribution in [0.1, 0.15) is 16.1 Å². The molecule has 0 N–H and O–H groups in total. The smallest absolute Gasteiger partial charge is 0.337 e. The molecule has 3 rings (SSSR count). The van der Waals surface area contributed by atoms with Gasteiger partial charge in [-0.15, -0.1) is 0 Å². The summed E-state index contributed by atoms with van der Waals surface area (Å²) in [5.74, 6) is 0.141. The molecule has 106 valence electrons. The molecular weight excluding hydrogens is 270 g/mol. The average Bonchev–Trinajstić information content (AvgIpc) is 3.19. The highest BCUT2D eigenvalue weighted by atomic mass is 16.5. The molecule has 0 spiro atoms. The fraction of sp³-hybridized carbons (Fsp3) is 0.133. The number of rotatable bonds is 4. The Hall–Kier alpha value is -2.89. The summed E-state index contributed by atoms with van der Waals surface area (Å²) in [6.45, 7) is 0.552. The van der Waals surface area contributed by atoms with Gasteiger partial charge in [0.1, 0.15) is 12.0 Å². The normalized spacial score (nSPS) is 10.5. The van der Waals surface area contributed by atoms with Gasteiger partial charge in [0, 0.05) is 18.0 Å². The minimum atomic E-state index is -0.367. The quantitative estimate of drug-likeness (QED) is 0.687. The van der Waals surface area contributed by atoms with Gasteiger partial charge >= 0.3 is 5.97 Å². The molecule has 0 fully saturated rings. The van der Waals surface area contributed by atoms with E-state index in [9.17, 15) is 4.79 Å². The number of ether oxygens (including phenoxy) is 1. The average molecular weight is 283 g/mol. The van der Waals surface area contributed by atoms with E-state index in [0.29, 0.717) is 18.0 Å². The maximum Gasteiger partial charge on any atom is 0.337 e. The Kier molecular flexibility index (Phi) is 3.51. The van der Waals surface area contributed by atoms with Crippen LogP contribution in [-0.2, 0) is 11.3 Å². The summed E-state index contributed by atoms with van der Waals surface area (Å²) < 4.78 is 11.9. The van der Waals surface area contributed by atoms with Crippen LogP contribution < -0.4 is 0 Å². The van der Waals surface area contributed by atoms with Gasteiger partial charge in [0.25, 0.3) is 0 Å². The van der Waals surface area contributed by atoms with Crippen LogP contribution in [-0.4, -0.2) is 27.8 Å². The van der Waals surface area contributed by atoms with E-state index in [2.05, 4.69) is 14.8 Å². The van der Waals surface area contributed by atoms with Gasteiger partial charge in [-0.2, -0.15) is 5.10 Å². The number of esters is 1. The number of aromatic nitrogens is 3. The second kappa shape index (κ2) is 5.62. The van der Waals surface area contributed by atoms with Crippen LogP contribution in [0.3, 0.4) is 0 Å². The first-order valence-corrected chi connectivity index (χ1v) is 6.37. The van der Waals surface area contributed by atoms with Crippen LogP contribution in [0, 0.1) is 0 Å². The molecule has 2 aromatic heterocycles. The van der Waals surface area contributed by atoms with E-state index < -0.39 is 0 Å². The Morgan fingerprint density at radius 1 is 1.33 bits per heavy atom. The summed E-state index contributed by atoms with van der Waals surface area (Å²) >= 11 is 0. The van der Waals surface area contributed by atoms with Crippen molar-refractivity contribution in [1.29, 1.82) is 0 Å². The molecule has 0 aliphatic carbocycles. The number of hydrogen-bond acceptors (Lipinski definition) is 5. The summed E-state index contributed by atoms with van der Waals surface area (Å²) in [5, 5.41) is 4.12. The zero-order valence-electron chi connectivity index (χ0n) is 11.4. The molecule has 2 heterocycles. The lowest BCUT2D eigenvalue weighted by atomic mass is 10.1. The number of carbonyl (C=O) groups is 1. The summed E-state index contributed by atoms with van der Waals surface area (Å²) in [4.78, 5) is 15.8. The third kappa shape index (κ3) is 2.84. The van der Waals surface area contributed by atoms with Crippen molar-refractivity contribution in [3.8, 4) is 11.5 Å². The first-order valence-electron chi connectivity index (χ1n) is 6.37. The monoisotopic (exact) mass is 283 g/mol. The Morgan fingerprint density at radius 2 is 2.14 bits per heavy atom. The predicted octanol–water partition coefficient (Wildman–Crippen LogP) is 2.37. The van der Waals surface area contributed by atoms with Crippen LogP contribution in [0.5, 0.6) is 0 Å². The lowest BCUT2D eigenvalue weighted by Gasteiger charge is -1.99. The molecule has 6 heteroatoms. The topological polar surface area (TPSA) is 70.2 Å². The molecule has 0 unspecified atom stereocenters. The Balaban J connectivity index is 1.78. The minimum Gasteiger partial charge on any atom is -0.465 e. The molecule has 6 nitrogen and oxygen atoms in total. The SMILES string of the molecule is COC(=O)c1ccc(-c2nc(Cn3cccn3)co2)cc1. The molecule has 0 radical (unpaired) electrons. The zero-order chi connectivity index (χ0) is 14.7. The van der Waals surface area contributed by atoms with E-state index >= 15 is 0 Å². The van der Waals surface area contributed by atoms with Gasteiger partial charge in [-0.25, -0.2) is 9.78 Å². The zero-order valence-corrected chi connectivity index (χ0v) is 11.4. The summed E-state index contributed by atoms with van der Waals surface area (Å²) in [6.07, 6.45) is 5.18.